The molecule has 3 aliphatic heterocycles. The van der Waals surface area contributed by atoms with E-state index in [1.807, 2.05) is 6.07 Å². The van der Waals surface area contributed by atoms with Crippen molar-refractivity contribution in [2.75, 3.05) is 0 Å². The Kier molecular flexibility index (Phi) is 1.27. The first-order valence-corrected chi connectivity index (χ1v) is 4.09. The SMILES string of the molecule is O=C1Cn2cnc3nccc-3c2N=N1. The summed E-state index contributed by atoms with van der Waals surface area (Å²) in [6.07, 6.45) is 3.21. The zero-order valence-corrected chi connectivity index (χ0v) is 7.08. The van der Waals surface area contributed by atoms with E-state index in [1.54, 1.807) is 17.1 Å². The Balaban J connectivity index is 2.32. The lowest BCUT2D eigenvalue weighted by Gasteiger charge is -2.12. The summed E-state index contributed by atoms with van der Waals surface area (Å²) in [6, 6.07) is 1.81. The number of azo groups is 1. The Morgan fingerprint density at radius 2 is 2.21 bits per heavy atom. The molecule has 6 nitrogen and oxygen atoms in total. The highest BCUT2D eigenvalue weighted by Gasteiger charge is 2.18. The van der Waals surface area contributed by atoms with E-state index in [1.165, 1.54) is 0 Å². The van der Waals surface area contributed by atoms with Gasteiger partial charge in [0.1, 0.15) is 6.54 Å². The fourth-order valence-corrected chi connectivity index (χ4v) is 1.45. The Morgan fingerprint density at radius 1 is 1.29 bits per heavy atom. The molecule has 6 heteroatoms. The first-order chi connectivity index (χ1) is 6.84. The second-order valence-corrected chi connectivity index (χ2v) is 2.97. The Hall–Kier alpha value is -2.11. The summed E-state index contributed by atoms with van der Waals surface area (Å²) in [5, 5.41) is 7.34. The van der Waals surface area contributed by atoms with Gasteiger partial charge in [-0.3, -0.25) is 4.79 Å². The van der Waals surface area contributed by atoms with Gasteiger partial charge in [-0.05, 0) is 6.07 Å². The number of amides is 1. The minimum Gasteiger partial charge on any atom is -0.305 e. The van der Waals surface area contributed by atoms with Gasteiger partial charge in [0.2, 0.25) is 0 Å². The van der Waals surface area contributed by atoms with E-state index < -0.39 is 0 Å². The van der Waals surface area contributed by atoms with Crippen molar-refractivity contribution in [2.45, 2.75) is 6.54 Å². The predicted molar refractivity (Wildman–Crippen MR) is 46.2 cm³/mol. The van der Waals surface area contributed by atoms with Crippen LogP contribution in [0.3, 0.4) is 0 Å². The van der Waals surface area contributed by atoms with Crippen LogP contribution in [0.25, 0.3) is 11.4 Å². The fraction of sp³-hybridized carbons (Fsp3) is 0.125. The van der Waals surface area contributed by atoms with Crippen LogP contribution in [0.5, 0.6) is 0 Å². The predicted octanol–water partition coefficient (Wildman–Crippen LogP) is 1.01. The van der Waals surface area contributed by atoms with Gasteiger partial charge in [-0.15, -0.1) is 10.2 Å². The smallest absolute Gasteiger partial charge is 0.284 e. The monoisotopic (exact) mass is 187 g/mol. The zero-order valence-electron chi connectivity index (χ0n) is 7.08. The third-order valence-electron chi connectivity index (χ3n) is 2.07. The molecule has 0 aromatic carbocycles. The van der Waals surface area contributed by atoms with Crippen molar-refractivity contribution in [3.05, 3.63) is 18.6 Å². The van der Waals surface area contributed by atoms with Crippen LogP contribution in [0.1, 0.15) is 0 Å². The number of hydrogen-bond acceptors (Lipinski definition) is 4. The van der Waals surface area contributed by atoms with E-state index in [2.05, 4.69) is 20.2 Å². The van der Waals surface area contributed by atoms with Gasteiger partial charge in [-0.25, -0.2) is 9.97 Å². The van der Waals surface area contributed by atoms with E-state index in [0.717, 1.165) is 5.56 Å². The largest absolute Gasteiger partial charge is 0.305 e. The molecule has 1 amide bonds. The number of carbonyl (C=O) groups excluding carboxylic acids is 1. The zero-order chi connectivity index (χ0) is 9.54. The standard InChI is InChI=1S/C8H5N5O/c14-6-3-13-4-10-7-5(1-2-9-7)8(13)12-11-6/h1-2,4H,3H2. The molecule has 0 fully saturated rings. The molecule has 0 saturated carbocycles. The highest BCUT2D eigenvalue weighted by atomic mass is 16.2. The molecule has 3 aliphatic rings. The molecule has 0 aliphatic carbocycles. The van der Waals surface area contributed by atoms with Crippen molar-refractivity contribution in [3.8, 4) is 11.4 Å². The Morgan fingerprint density at radius 3 is 3.14 bits per heavy atom. The molecule has 0 bridgehead atoms. The second kappa shape index (κ2) is 2.44. The van der Waals surface area contributed by atoms with Crippen LogP contribution in [0, 0.1) is 0 Å². The molecule has 68 valence electrons. The van der Waals surface area contributed by atoms with Crippen LogP contribution in [-0.2, 0) is 11.3 Å². The molecule has 3 rings (SSSR count). The van der Waals surface area contributed by atoms with Crippen LogP contribution >= 0.6 is 0 Å². The van der Waals surface area contributed by atoms with Crippen molar-refractivity contribution in [3.63, 3.8) is 0 Å². The van der Waals surface area contributed by atoms with Crippen LogP contribution < -0.4 is 0 Å². The average molecular weight is 187 g/mol. The van der Waals surface area contributed by atoms with Gasteiger partial charge in [-0.1, -0.05) is 0 Å². The summed E-state index contributed by atoms with van der Waals surface area (Å²) in [5.41, 5.74) is 0.823. The van der Waals surface area contributed by atoms with E-state index in [-0.39, 0.29) is 12.5 Å². The Bertz CT molecular complexity index is 515. The van der Waals surface area contributed by atoms with E-state index in [9.17, 15) is 4.79 Å². The molecule has 14 heavy (non-hydrogen) atoms. The molecule has 0 atom stereocenters. The van der Waals surface area contributed by atoms with E-state index in [0.29, 0.717) is 11.6 Å². The topological polar surface area (TPSA) is 72.5 Å². The van der Waals surface area contributed by atoms with Crippen LogP contribution in [0.2, 0.25) is 0 Å². The van der Waals surface area contributed by atoms with Crippen LogP contribution in [0.4, 0.5) is 5.82 Å². The summed E-state index contributed by atoms with van der Waals surface area (Å²) in [4.78, 5) is 19.1. The minimum absolute atomic E-state index is 0.201. The maximum absolute atomic E-state index is 11.0. The maximum atomic E-state index is 11.0. The van der Waals surface area contributed by atoms with Gasteiger partial charge in [0, 0.05) is 6.20 Å². The van der Waals surface area contributed by atoms with Crippen molar-refractivity contribution in [2.24, 2.45) is 10.2 Å². The molecule has 0 unspecified atom stereocenters. The van der Waals surface area contributed by atoms with Crippen molar-refractivity contribution >= 4 is 11.7 Å². The quantitative estimate of drug-likeness (QED) is 0.617. The number of aromatic nitrogens is 3. The molecule has 0 N–H and O–H groups in total. The lowest BCUT2D eigenvalue weighted by atomic mass is 10.3. The fourth-order valence-electron chi connectivity index (χ4n) is 1.45. The van der Waals surface area contributed by atoms with Gasteiger partial charge in [0.15, 0.2) is 11.6 Å². The maximum Gasteiger partial charge on any atom is 0.284 e. The molecule has 0 aromatic heterocycles. The lowest BCUT2D eigenvalue weighted by Crippen LogP contribution is -2.13. The number of rotatable bonds is 0. The van der Waals surface area contributed by atoms with Crippen LogP contribution in [-0.4, -0.2) is 20.4 Å². The summed E-state index contributed by atoms with van der Waals surface area (Å²) in [7, 11) is 0. The Labute approximate surface area is 78.7 Å². The third-order valence-corrected chi connectivity index (χ3v) is 2.07. The van der Waals surface area contributed by atoms with E-state index >= 15 is 0 Å². The number of carbonyl (C=O) groups is 1. The summed E-state index contributed by atoms with van der Waals surface area (Å²) < 4.78 is 1.67. The van der Waals surface area contributed by atoms with Crippen molar-refractivity contribution < 1.29 is 4.79 Å². The summed E-state index contributed by atoms with van der Waals surface area (Å²) in [5.74, 6) is 1.01. The number of fused-ring (bicyclic) bond motifs is 3. The number of nitrogens with zero attached hydrogens (tertiary/aromatic N) is 5. The molecular weight excluding hydrogens is 182 g/mol. The van der Waals surface area contributed by atoms with Crippen LogP contribution in [0.15, 0.2) is 28.8 Å². The average Bonchev–Trinajstić information content (AvgIpc) is 2.65. The van der Waals surface area contributed by atoms with Gasteiger partial charge in [0.25, 0.3) is 5.91 Å². The van der Waals surface area contributed by atoms with Gasteiger partial charge >= 0.3 is 0 Å². The second-order valence-electron chi connectivity index (χ2n) is 2.97. The van der Waals surface area contributed by atoms with E-state index in [4.69, 9.17) is 0 Å². The van der Waals surface area contributed by atoms with Crippen molar-refractivity contribution in [1.82, 2.24) is 14.5 Å². The molecule has 0 spiro atoms. The molecule has 0 saturated heterocycles. The normalized spacial score (nSPS) is 14.7. The summed E-state index contributed by atoms with van der Waals surface area (Å²) >= 11 is 0. The minimum atomic E-state index is -0.261. The lowest BCUT2D eigenvalue weighted by molar-refractivity contribution is -0.119. The first kappa shape index (κ1) is 7.31. The highest BCUT2D eigenvalue weighted by molar-refractivity contribution is 5.80. The molecule has 3 heterocycles. The van der Waals surface area contributed by atoms with Gasteiger partial charge in [0.05, 0.1) is 11.9 Å². The summed E-state index contributed by atoms with van der Waals surface area (Å²) in [6.45, 7) is 0.201. The molecular formula is C8H5N5O. The third kappa shape index (κ3) is 0.875. The van der Waals surface area contributed by atoms with Gasteiger partial charge < -0.3 is 4.57 Å². The molecule has 0 aromatic rings. The van der Waals surface area contributed by atoms with Gasteiger partial charge in [-0.2, -0.15) is 0 Å². The first-order valence-electron chi connectivity index (χ1n) is 4.09. The molecule has 0 radical (unpaired) electrons. The highest BCUT2D eigenvalue weighted by Crippen LogP contribution is 2.30. The van der Waals surface area contributed by atoms with Crippen molar-refractivity contribution in [1.29, 1.82) is 0 Å². The number of hydrogen-bond donors (Lipinski definition) is 0.